The summed E-state index contributed by atoms with van der Waals surface area (Å²) in [7, 11) is 0. The highest BCUT2D eigenvalue weighted by molar-refractivity contribution is 7.10. The van der Waals surface area contributed by atoms with E-state index in [4.69, 9.17) is 11.6 Å². The van der Waals surface area contributed by atoms with Crippen molar-refractivity contribution < 1.29 is 0 Å². The highest BCUT2D eigenvalue weighted by atomic mass is 35.5. The zero-order valence-electron chi connectivity index (χ0n) is 17.8. The molecule has 0 saturated carbocycles. The zero-order valence-corrected chi connectivity index (χ0v) is 19.4. The Bertz CT molecular complexity index is 1100. The lowest BCUT2D eigenvalue weighted by atomic mass is 10.1. The third-order valence-electron chi connectivity index (χ3n) is 4.99. The summed E-state index contributed by atoms with van der Waals surface area (Å²) in [6.07, 6.45) is 3.69. The minimum absolute atomic E-state index is 0.134. The number of hydrogen-bond acceptors (Lipinski definition) is 6. The van der Waals surface area contributed by atoms with Crippen molar-refractivity contribution in [2.45, 2.75) is 45.4 Å². The summed E-state index contributed by atoms with van der Waals surface area (Å²) < 4.78 is 1.92. The van der Waals surface area contributed by atoms with Gasteiger partial charge in [0.25, 0.3) is 0 Å². The van der Waals surface area contributed by atoms with Crippen LogP contribution in [0.3, 0.4) is 0 Å². The van der Waals surface area contributed by atoms with Gasteiger partial charge in [-0.15, -0.1) is 16.4 Å². The lowest BCUT2D eigenvalue weighted by Gasteiger charge is -2.32. The van der Waals surface area contributed by atoms with Crippen molar-refractivity contribution in [3.05, 3.63) is 93.2 Å². The van der Waals surface area contributed by atoms with E-state index in [2.05, 4.69) is 75.8 Å². The number of halogens is 1. The molecular formula is C23H25ClN6S. The van der Waals surface area contributed by atoms with E-state index in [9.17, 15) is 0 Å². The van der Waals surface area contributed by atoms with Gasteiger partial charge >= 0.3 is 0 Å². The van der Waals surface area contributed by atoms with E-state index in [0.29, 0.717) is 13.1 Å². The number of benzene rings is 1. The summed E-state index contributed by atoms with van der Waals surface area (Å²) in [6.45, 7) is 7.65. The molecule has 0 saturated heterocycles. The fourth-order valence-electron chi connectivity index (χ4n) is 3.57. The van der Waals surface area contributed by atoms with Crippen LogP contribution in [0.25, 0.3) is 0 Å². The third-order valence-corrected chi connectivity index (χ3v) is 6.28. The molecule has 0 bridgehead atoms. The van der Waals surface area contributed by atoms with Crippen LogP contribution in [0.4, 0.5) is 0 Å². The quantitative estimate of drug-likeness (QED) is 0.379. The van der Waals surface area contributed by atoms with Crippen LogP contribution >= 0.6 is 22.9 Å². The number of pyridine rings is 1. The van der Waals surface area contributed by atoms with Gasteiger partial charge in [0, 0.05) is 35.4 Å². The molecule has 160 valence electrons. The summed E-state index contributed by atoms with van der Waals surface area (Å²) >= 11 is 8.25. The first kappa shape index (κ1) is 21.6. The molecule has 0 fully saturated rings. The summed E-state index contributed by atoms with van der Waals surface area (Å²) in [4.78, 5) is 7.84. The van der Waals surface area contributed by atoms with Gasteiger partial charge in [-0.2, -0.15) is 0 Å². The molecule has 31 heavy (non-hydrogen) atoms. The van der Waals surface area contributed by atoms with Crippen LogP contribution in [0.1, 0.15) is 48.6 Å². The second-order valence-corrected chi connectivity index (χ2v) is 9.78. The van der Waals surface area contributed by atoms with Crippen molar-refractivity contribution in [3.63, 3.8) is 0 Å². The summed E-state index contributed by atoms with van der Waals surface area (Å²) in [5.74, 6) is 0.811. The Labute approximate surface area is 191 Å². The normalized spacial score (nSPS) is 12.9. The molecule has 0 amide bonds. The molecule has 0 N–H and O–H groups in total. The maximum absolute atomic E-state index is 6.55. The fraction of sp³-hybridized carbons (Fsp3) is 0.304. The number of nitrogens with zero attached hydrogens (tertiary/aromatic N) is 6. The molecule has 3 aromatic heterocycles. The summed E-state index contributed by atoms with van der Waals surface area (Å²) in [5.41, 5.74) is 1.92. The maximum atomic E-state index is 6.55. The van der Waals surface area contributed by atoms with Crippen molar-refractivity contribution in [2.75, 3.05) is 0 Å². The van der Waals surface area contributed by atoms with Gasteiger partial charge in [-0.25, -0.2) is 4.68 Å². The summed E-state index contributed by atoms with van der Waals surface area (Å²) in [6, 6.07) is 16.1. The first-order chi connectivity index (χ1) is 14.9. The molecule has 0 aliphatic carbocycles. The number of hydrogen-bond donors (Lipinski definition) is 0. The van der Waals surface area contributed by atoms with Crippen LogP contribution < -0.4 is 0 Å². The minimum atomic E-state index is -0.251. The monoisotopic (exact) mass is 452 g/mol. The topological polar surface area (TPSA) is 59.7 Å². The van der Waals surface area contributed by atoms with Gasteiger partial charge in [0.05, 0.1) is 5.54 Å². The lowest BCUT2D eigenvalue weighted by molar-refractivity contribution is 0.187. The second kappa shape index (κ2) is 9.26. The van der Waals surface area contributed by atoms with E-state index in [1.165, 1.54) is 4.88 Å². The average molecular weight is 453 g/mol. The Morgan fingerprint density at radius 1 is 1.06 bits per heavy atom. The van der Waals surface area contributed by atoms with E-state index in [1.54, 1.807) is 17.5 Å². The lowest BCUT2D eigenvalue weighted by Crippen LogP contribution is -2.34. The van der Waals surface area contributed by atoms with Crippen molar-refractivity contribution in [1.82, 2.24) is 30.1 Å². The van der Waals surface area contributed by atoms with E-state index in [-0.39, 0.29) is 11.6 Å². The first-order valence-electron chi connectivity index (χ1n) is 10.1. The van der Waals surface area contributed by atoms with Crippen molar-refractivity contribution in [2.24, 2.45) is 0 Å². The van der Waals surface area contributed by atoms with E-state index in [1.807, 2.05) is 35.1 Å². The molecule has 0 aliphatic heterocycles. The number of rotatable bonds is 7. The Morgan fingerprint density at radius 3 is 2.58 bits per heavy atom. The molecule has 0 unspecified atom stereocenters. The maximum Gasteiger partial charge on any atom is 0.174 e. The molecule has 0 aliphatic rings. The van der Waals surface area contributed by atoms with Crippen molar-refractivity contribution >= 4 is 22.9 Å². The van der Waals surface area contributed by atoms with Gasteiger partial charge in [-0.1, -0.05) is 41.9 Å². The van der Waals surface area contributed by atoms with Crippen LogP contribution in [-0.4, -0.2) is 30.1 Å². The molecule has 3 heterocycles. The smallest absolute Gasteiger partial charge is 0.174 e. The molecule has 1 atom stereocenters. The van der Waals surface area contributed by atoms with Crippen LogP contribution in [-0.2, 0) is 18.6 Å². The largest absolute Gasteiger partial charge is 0.280 e. The van der Waals surface area contributed by atoms with Crippen LogP contribution in [0.15, 0.2) is 66.3 Å². The van der Waals surface area contributed by atoms with Crippen LogP contribution in [0, 0.1) is 0 Å². The Hall–Kier alpha value is -2.61. The highest BCUT2D eigenvalue weighted by Gasteiger charge is 2.32. The second-order valence-electron chi connectivity index (χ2n) is 8.40. The molecule has 0 radical (unpaired) electrons. The Kier molecular flexibility index (Phi) is 6.46. The number of tetrazole rings is 1. The van der Waals surface area contributed by atoms with E-state index in [0.717, 1.165) is 22.0 Å². The van der Waals surface area contributed by atoms with Gasteiger partial charge in [0.15, 0.2) is 5.82 Å². The fourth-order valence-corrected chi connectivity index (χ4v) is 4.62. The Balaban J connectivity index is 1.82. The highest BCUT2D eigenvalue weighted by Crippen LogP contribution is 2.35. The molecule has 6 nitrogen and oxygen atoms in total. The minimum Gasteiger partial charge on any atom is -0.280 e. The average Bonchev–Trinajstić information content (AvgIpc) is 3.43. The van der Waals surface area contributed by atoms with Crippen LogP contribution in [0.2, 0.25) is 5.02 Å². The Morgan fingerprint density at radius 2 is 1.90 bits per heavy atom. The molecule has 4 aromatic rings. The van der Waals surface area contributed by atoms with E-state index >= 15 is 0 Å². The van der Waals surface area contributed by atoms with Gasteiger partial charge in [0.2, 0.25) is 0 Å². The SMILES string of the molecule is CC(C)(C)n1nnnc1[C@@H](c1cccs1)N(Cc1cccnc1)Cc1ccccc1Cl. The zero-order chi connectivity index (χ0) is 21.8. The van der Waals surface area contributed by atoms with Crippen LogP contribution in [0.5, 0.6) is 0 Å². The predicted molar refractivity (Wildman–Crippen MR) is 124 cm³/mol. The van der Waals surface area contributed by atoms with Gasteiger partial charge in [-0.3, -0.25) is 9.88 Å². The first-order valence-corrected chi connectivity index (χ1v) is 11.4. The van der Waals surface area contributed by atoms with Gasteiger partial charge in [-0.05, 0) is 65.9 Å². The standard InChI is InChI=1S/C23H25ClN6S/c1-23(2,3)30-22(26-27-28-30)21(20-11-7-13-31-20)29(15-17-8-6-12-25-14-17)16-18-9-4-5-10-19(18)24/h4-14,21H,15-16H2,1-3H3/t21-/m1/s1. The van der Waals surface area contributed by atoms with Crippen molar-refractivity contribution in [3.8, 4) is 0 Å². The molecular weight excluding hydrogens is 428 g/mol. The van der Waals surface area contributed by atoms with Gasteiger partial charge < -0.3 is 0 Å². The molecule has 4 rings (SSSR count). The van der Waals surface area contributed by atoms with Gasteiger partial charge in [0.1, 0.15) is 6.04 Å². The number of aromatic nitrogens is 5. The van der Waals surface area contributed by atoms with Crippen molar-refractivity contribution in [1.29, 1.82) is 0 Å². The molecule has 1 aromatic carbocycles. The number of thiophene rings is 1. The summed E-state index contributed by atoms with van der Waals surface area (Å²) in [5, 5.41) is 15.7. The van der Waals surface area contributed by atoms with E-state index < -0.39 is 0 Å². The molecule has 0 spiro atoms. The predicted octanol–water partition coefficient (Wildman–Crippen LogP) is 5.33. The molecule has 8 heteroatoms. The third kappa shape index (κ3) is 5.01.